The lowest BCUT2D eigenvalue weighted by atomic mass is 10.1. The second-order valence-electron chi connectivity index (χ2n) is 5.32. The average Bonchev–Trinajstić information content (AvgIpc) is 3.24. The lowest BCUT2D eigenvalue weighted by Gasteiger charge is -2.13. The fourth-order valence-electron chi connectivity index (χ4n) is 1.92. The summed E-state index contributed by atoms with van der Waals surface area (Å²) in [4.78, 5) is 19.5. The molecule has 0 atom stereocenters. The molecule has 1 N–H and O–H groups in total. The van der Waals surface area contributed by atoms with Crippen molar-refractivity contribution in [1.82, 2.24) is 9.97 Å². The van der Waals surface area contributed by atoms with Crippen molar-refractivity contribution in [3.05, 3.63) is 12.0 Å². The summed E-state index contributed by atoms with van der Waals surface area (Å²) in [5.74, 6) is 0.486. The molecular formula is C14H20FN3O2S. The maximum Gasteiger partial charge on any atom is 0.306 e. The van der Waals surface area contributed by atoms with Crippen LogP contribution in [-0.2, 0) is 9.53 Å². The maximum atomic E-state index is 13.8. The number of hydrogen-bond donors (Lipinski definition) is 1. The largest absolute Gasteiger partial charge is 0.469 e. The molecule has 1 fully saturated rings. The Morgan fingerprint density at radius 2 is 2.33 bits per heavy atom. The maximum absolute atomic E-state index is 13.8. The Balaban J connectivity index is 1.94. The Morgan fingerprint density at radius 3 is 2.95 bits per heavy atom. The minimum Gasteiger partial charge on any atom is -0.469 e. The zero-order valence-electron chi connectivity index (χ0n) is 12.3. The lowest BCUT2D eigenvalue weighted by molar-refractivity contribution is -0.141. The van der Waals surface area contributed by atoms with Crippen LogP contribution in [0.1, 0.15) is 32.6 Å². The van der Waals surface area contributed by atoms with E-state index in [4.69, 9.17) is 4.74 Å². The number of aromatic nitrogens is 2. The molecule has 1 aromatic rings. The number of carbonyl (C=O) groups is 1. The first-order valence-electron chi connectivity index (χ1n) is 7.04. The van der Waals surface area contributed by atoms with Gasteiger partial charge in [-0.15, -0.1) is 11.8 Å². The molecule has 1 aliphatic carbocycles. The molecule has 0 radical (unpaired) electrons. The van der Waals surface area contributed by atoms with E-state index in [1.54, 1.807) is 0 Å². The van der Waals surface area contributed by atoms with Crippen LogP contribution < -0.4 is 5.32 Å². The smallest absolute Gasteiger partial charge is 0.306 e. The predicted octanol–water partition coefficient (Wildman–Crippen LogP) is 2.87. The van der Waals surface area contributed by atoms with E-state index in [-0.39, 0.29) is 11.4 Å². The Morgan fingerprint density at radius 1 is 1.57 bits per heavy atom. The number of rotatable bonds is 8. The quantitative estimate of drug-likeness (QED) is 0.452. The highest BCUT2D eigenvalue weighted by Gasteiger charge is 2.44. The summed E-state index contributed by atoms with van der Waals surface area (Å²) in [6, 6.07) is 0. The fraction of sp³-hybridized carbons (Fsp3) is 0.643. The first-order valence-corrected chi connectivity index (χ1v) is 8.03. The molecule has 1 aromatic heterocycles. The summed E-state index contributed by atoms with van der Waals surface area (Å²) in [5.41, 5.74) is -0.0494. The van der Waals surface area contributed by atoms with Gasteiger partial charge < -0.3 is 10.1 Å². The van der Waals surface area contributed by atoms with Gasteiger partial charge in [0.2, 0.25) is 5.95 Å². The third-order valence-corrected chi connectivity index (χ3v) is 4.78. The van der Waals surface area contributed by atoms with Crippen LogP contribution in [0.15, 0.2) is 11.2 Å². The van der Waals surface area contributed by atoms with Crippen molar-refractivity contribution in [1.29, 1.82) is 0 Å². The Bertz CT molecular complexity index is 509. The molecule has 2 rings (SSSR count). The van der Waals surface area contributed by atoms with Crippen LogP contribution in [0.25, 0.3) is 0 Å². The molecule has 0 unspecified atom stereocenters. The lowest BCUT2D eigenvalue weighted by Crippen LogP contribution is -2.13. The topological polar surface area (TPSA) is 64.1 Å². The summed E-state index contributed by atoms with van der Waals surface area (Å²) >= 11 is 1.34. The van der Waals surface area contributed by atoms with Crippen molar-refractivity contribution in [2.45, 2.75) is 37.6 Å². The molecule has 116 valence electrons. The van der Waals surface area contributed by atoms with Gasteiger partial charge in [-0.25, -0.2) is 14.4 Å². The van der Waals surface area contributed by atoms with Gasteiger partial charge in [-0.05, 0) is 24.7 Å². The molecule has 0 spiro atoms. The summed E-state index contributed by atoms with van der Waals surface area (Å²) in [6.07, 6.45) is 4.48. The van der Waals surface area contributed by atoms with Crippen LogP contribution in [0.2, 0.25) is 0 Å². The molecule has 0 saturated heterocycles. The predicted molar refractivity (Wildman–Crippen MR) is 79.8 cm³/mol. The van der Waals surface area contributed by atoms with Crippen molar-refractivity contribution < 1.29 is 13.9 Å². The summed E-state index contributed by atoms with van der Waals surface area (Å²) in [7, 11) is 1.39. The molecule has 0 amide bonds. The SMILES string of the molecule is CCCNc1ncc(F)c(SCC2(CC(=O)OC)CC2)n1. The highest BCUT2D eigenvalue weighted by atomic mass is 32.2. The normalized spacial score (nSPS) is 15.6. The van der Waals surface area contributed by atoms with Crippen LogP contribution in [0.3, 0.4) is 0 Å². The number of thioether (sulfide) groups is 1. The highest BCUT2D eigenvalue weighted by Crippen LogP contribution is 2.52. The Labute approximate surface area is 128 Å². The third-order valence-electron chi connectivity index (χ3n) is 3.46. The molecule has 21 heavy (non-hydrogen) atoms. The molecule has 7 heteroatoms. The van der Waals surface area contributed by atoms with Gasteiger partial charge in [0.25, 0.3) is 0 Å². The number of esters is 1. The molecule has 0 aliphatic heterocycles. The second-order valence-corrected chi connectivity index (χ2v) is 6.28. The van der Waals surface area contributed by atoms with Crippen molar-refractivity contribution in [2.24, 2.45) is 5.41 Å². The van der Waals surface area contributed by atoms with E-state index in [0.29, 0.717) is 23.1 Å². The van der Waals surface area contributed by atoms with Crippen LogP contribution >= 0.6 is 11.8 Å². The Kier molecular flexibility index (Phi) is 5.39. The van der Waals surface area contributed by atoms with E-state index in [0.717, 1.165) is 25.8 Å². The molecular weight excluding hydrogens is 293 g/mol. The average molecular weight is 313 g/mol. The number of anilines is 1. The summed E-state index contributed by atoms with van der Waals surface area (Å²) < 4.78 is 18.5. The van der Waals surface area contributed by atoms with Crippen molar-refractivity contribution in [3.63, 3.8) is 0 Å². The van der Waals surface area contributed by atoms with Gasteiger partial charge in [-0.2, -0.15) is 0 Å². The Hall–Kier alpha value is -1.37. The van der Waals surface area contributed by atoms with Crippen molar-refractivity contribution in [3.8, 4) is 0 Å². The molecule has 1 aliphatic rings. The molecule has 0 bridgehead atoms. The zero-order chi connectivity index (χ0) is 15.3. The van der Waals surface area contributed by atoms with Gasteiger partial charge in [0.1, 0.15) is 5.03 Å². The first kappa shape index (κ1) is 16.0. The fourth-order valence-corrected chi connectivity index (χ4v) is 3.10. The summed E-state index contributed by atoms with van der Waals surface area (Å²) in [5, 5.41) is 3.37. The van der Waals surface area contributed by atoms with E-state index in [2.05, 4.69) is 15.3 Å². The molecule has 0 aromatic carbocycles. The number of hydrogen-bond acceptors (Lipinski definition) is 6. The van der Waals surface area contributed by atoms with E-state index in [9.17, 15) is 9.18 Å². The molecule has 1 heterocycles. The van der Waals surface area contributed by atoms with Crippen LogP contribution in [0, 0.1) is 11.2 Å². The van der Waals surface area contributed by atoms with E-state index < -0.39 is 5.82 Å². The monoisotopic (exact) mass is 313 g/mol. The molecule has 1 saturated carbocycles. The number of halogens is 1. The van der Waals surface area contributed by atoms with Crippen molar-refractivity contribution >= 4 is 23.7 Å². The standard InChI is InChI=1S/C14H20FN3O2S/c1-3-6-16-13-17-8-10(15)12(18-13)21-9-14(4-5-14)7-11(19)20-2/h8H,3-7,9H2,1-2H3,(H,16,17,18). The first-order chi connectivity index (χ1) is 10.1. The number of nitrogens with zero attached hydrogens (tertiary/aromatic N) is 2. The van der Waals surface area contributed by atoms with Gasteiger partial charge in [0, 0.05) is 12.3 Å². The zero-order valence-corrected chi connectivity index (χ0v) is 13.1. The van der Waals surface area contributed by atoms with E-state index in [1.807, 2.05) is 6.92 Å². The van der Waals surface area contributed by atoms with E-state index >= 15 is 0 Å². The van der Waals surface area contributed by atoms with Crippen molar-refractivity contribution in [2.75, 3.05) is 24.7 Å². The number of methoxy groups -OCH3 is 1. The number of carbonyl (C=O) groups excluding carboxylic acids is 1. The van der Waals surface area contributed by atoms with Gasteiger partial charge in [0.05, 0.1) is 19.7 Å². The summed E-state index contributed by atoms with van der Waals surface area (Å²) in [6.45, 7) is 2.79. The second kappa shape index (κ2) is 7.06. The van der Waals surface area contributed by atoms with Gasteiger partial charge in [-0.1, -0.05) is 6.92 Å². The van der Waals surface area contributed by atoms with Crippen LogP contribution in [-0.4, -0.2) is 35.3 Å². The number of ether oxygens (including phenoxy) is 1. The van der Waals surface area contributed by atoms with Crippen LogP contribution in [0.4, 0.5) is 10.3 Å². The van der Waals surface area contributed by atoms with Gasteiger partial charge >= 0.3 is 5.97 Å². The highest BCUT2D eigenvalue weighted by molar-refractivity contribution is 7.99. The number of nitrogens with one attached hydrogen (secondary N) is 1. The van der Waals surface area contributed by atoms with E-state index in [1.165, 1.54) is 25.1 Å². The minimum absolute atomic E-state index is 0.0494. The molecule has 5 nitrogen and oxygen atoms in total. The third kappa shape index (κ3) is 4.56. The van der Waals surface area contributed by atoms with Gasteiger partial charge in [0.15, 0.2) is 5.82 Å². The van der Waals surface area contributed by atoms with Gasteiger partial charge in [-0.3, -0.25) is 4.79 Å². The minimum atomic E-state index is -0.420. The van der Waals surface area contributed by atoms with Crippen LogP contribution in [0.5, 0.6) is 0 Å².